The second kappa shape index (κ2) is 6.43. The molecule has 2 saturated heterocycles. The van der Waals surface area contributed by atoms with Crippen LogP contribution >= 0.6 is 0 Å². The molecule has 4 rings (SSSR count). The summed E-state index contributed by atoms with van der Waals surface area (Å²) in [5, 5.41) is 3.03. The molecule has 0 aliphatic carbocycles. The van der Waals surface area contributed by atoms with Gasteiger partial charge >= 0.3 is 6.03 Å². The largest absolute Gasteiger partial charge is 0.345 e. The third-order valence-corrected chi connectivity index (χ3v) is 5.40. The fraction of sp³-hybridized carbons (Fsp3) is 0.556. The number of hydrogen-bond acceptors (Lipinski definition) is 3. The second-order valence-corrected chi connectivity index (χ2v) is 7.05. The van der Waals surface area contributed by atoms with E-state index in [1.165, 1.54) is 25.8 Å². The van der Waals surface area contributed by atoms with Crippen LogP contribution in [0.2, 0.25) is 0 Å². The Balaban J connectivity index is 1.27. The number of carbonyl (C=O) groups is 1. The van der Waals surface area contributed by atoms with E-state index >= 15 is 0 Å². The van der Waals surface area contributed by atoms with Crippen molar-refractivity contribution in [3.8, 4) is 0 Å². The number of hydrogen-bond donors (Lipinski definition) is 2. The van der Waals surface area contributed by atoms with E-state index in [2.05, 4.69) is 27.1 Å². The van der Waals surface area contributed by atoms with E-state index in [0.29, 0.717) is 18.6 Å². The van der Waals surface area contributed by atoms with E-state index in [9.17, 15) is 4.79 Å². The summed E-state index contributed by atoms with van der Waals surface area (Å²) >= 11 is 0. The van der Waals surface area contributed by atoms with Gasteiger partial charge in [0.1, 0.15) is 0 Å². The first kappa shape index (κ1) is 15.4. The molecule has 2 fully saturated rings. The van der Waals surface area contributed by atoms with Crippen LogP contribution in [-0.4, -0.2) is 57.5 Å². The van der Waals surface area contributed by atoms with Crippen LogP contribution in [0.3, 0.4) is 0 Å². The lowest BCUT2D eigenvalue weighted by atomic mass is 9.98. The summed E-state index contributed by atoms with van der Waals surface area (Å²) in [6.07, 6.45) is 5.62. The smallest absolute Gasteiger partial charge is 0.317 e. The fourth-order valence-corrected chi connectivity index (χ4v) is 3.88. The number of urea groups is 1. The Bertz CT molecular complexity index is 721. The number of aromatic amines is 1. The van der Waals surface area contributed by atoms with Crippen molar-refractivity contribution in [2.45, 2.75) is 44.8 Å². The lowest BCUT2D eigenvalue weighted by Gasteiger charge is -2.49. The maximum absolute atomic E-state index is 12.3. The van der Waals surface area contributed by atoms with Crippen LogP contribution in [-0.2, 0) is 6.54 Å². The summed E-state index contributed by atoms with van der Waals surface area (Å²) < 4.78 is 0. The minimum atomic E-state index is 0.0422. The topological polar surface area (TPSA) is 64.3 Å². The number of fused-ring (bicyclic) bond motifs is 1. The first-order chi connectivity index (χ1) is 11.7. The summed E-state index contributed by atoms with van der Waals surface area (Å²) in [4.78, 5) is 24.1. The number of piperidine rings is 1. The van der Waals surface area contributed by atoms with Gasteiger partial charge < -0.3 is 15.2 Å². The van der Waals surface area contributed by atoms with E-state index in [4.69, 9.17) is 0 Å². The van der Waals surface area contributed by atoms with Crippen molar-refractivity contribution in [2.75, 3.05) is 19.6 Å². The Kier molecular flexibility index (Phi) is 4.14. The Labute approximate surface area is 142 Å². The number of amides is 2. The van der Waals surface area contributed by atoms with Gasteiger partial charge in [0.15, 0.2) is 0 Å². The molecule has 24 heavy (non-hydrogen) atoms. The Morgan fingerprint density at radius 1 is 1.38 bits per heavy atom. The minimum absolute atomic E-state index is 0.0422. The highest BCUT2D eigenvalue weighted by atomic mass is 16.2. The highest BCUT2D eigenvalue weighted by Gasteiger charge is 2.37. The van der Waals surface area contributed by atoms with E-state index in [0.717, 1.165) is 29.7 Å². The highest BCUT2D eigenvalue weighted by molar-refractivity contribution is 5.77. The third-order valence-electron chi connectivity index (χ3n) is 5.40. The number of nitrogens with one attached hydrogen (secondary N) is 2. The predicted molar refractivity (Wildman–Crippen MR) is 93.7 cm³/mol. The van der Waals surface area contributed by atoms with Gasteiger partial charge in [0, 0.05) is 31.7 Å². The van der Waals surface area contributed by atoms with Gasteiger partial charge in [-0.2, -0.15) is 0 Å². The molecule has 1 atom stereocenters. The van der Waals surface area contributed by atoms with Gasteiger partial charge in [-0.3, -0.25) is 4.90 Å². The van der Waals surface area contributed by atoms with Crippen LogP contribution in [0.4, 0.5) is 4.79 Å². The van der Waals surface area contributed by atoms with Gasteiger partial charge in [0.2, 0.25) is 0 Å². The molecular weight excluding hydrogens is 302 g/mol. The minimum Gasteiger partial charge on any atom is -0.345 e. The van der Waals surface area contributed by atoms with Crippen molar-refractivity contribution >= 4 is 17.1 Å². The van der Waals surface area contributed by atoms with Crippen molar-refractivity contribution in [2.24, 2.45) is 0 Å². The van der Waals surface area contributed by atoms with E-state index in [-0.39, 0.29) is 6.03 Å². The van der Waals surface area contributed by atoms with Gasteiger partial charge in [-0.15, -0.1) is 0 Å². The molecule has 3 heterocycles. The zero-order valence-electron chi connectivity index (χ0n) is 14.2. The highest BCUT2D eigenvalue weighted by Crippen LogP contribution is 2.24. The molecule has 0 spiro atoms. The summed E-state index contributed by atoms with van der Waals surface area (Å²) in [7, 11) is 0. The number of benzene rings is 1. The van der Waals surface area contributed by atoms with Crippen LogP contribution in [0.5, 0.6) is 0 Å². The normalized spacial score (nSPS) is 22.5. The van der Waals surface area contributed by atoms with E-state index in [1.807, 2.05) is 23.1 Å². The zero-order chi connectivity index (χ0) is 16.5. The predicted octanol–water partition coefficient (Wildman–Crippen LogP) is 2.33. The summed E-state index contributed by atoms with van der Waals surface area (Å²) in [6, 6.07) is 7.28. The Morgan fingerprint density at radius 2 is 2.25 bits per heavy atom. The molecule has 0 saturated carbocycles. The lowest BCUT2D eigenvalue weighted by molar-refractivity contribution is 0.0169. The number of H-pyrrole nitrogens is 1. The average molecular weight is 327 g/mol. The van der Waals surface area contributed by atoms with Crippen molar-refractivity contribution < 1.29 is 4.79 Å². The molecule has 1 unspecified atom stereocenters. The number of aromatic nitrogens is 2. The summed E-state index contributed by atoms with van der Waals surface area (Å²) in [5.41, 5.74) is 3.04. The first-order valence-corrected chi connectivity index (χ1v) is 8.91. The molecule has 2 aromatic rings. The standard InChI is InChI=1S/C18H25N5O/c1-13-4-2-3-7-23(13)15-10-22(11-15)18(24)19-9-14-5-6-16-17(8-14)21-12-20-16/h5-6,8,12-13,15H,2-4,7,9-11H2,1H3,(H,19,24)(H,20,21). The van der Waals surface area contributed by atoms with Crippen molar-refractivity contribution in [1.29, 1.82) is 0 Å². The number of nitrogens with zero attached hydrogens (tertiary/aromatic N) is 3. The van der Waals surface area contributed by atoms with Crippen molar-refractivity contribution in [3.63, 3.8) is 0 Å². The van der Waals surface area contributed by atoms with Crippen LogP contribution < -0.4 is 5.32 Å². The molecule has 2 aliphatic heterocycles. The quantitative estimate of drug-likeness (QED) is 0.909. The fourth-order valence-electron chi connectivity index (χ4n) is 3.88. The average Bonchev–Trinajstić information content (AvgIpc) is 3.01. The van der Waals surface area contributed by atoms with Crippen LogP contribution in [0.15, 0.2) is 24.5 Å². The zero-order valence-corrected chi connectivity index (χ0v) is 14.2. The molecule has 6 heteroatoms. The van der Waals surface area contributed by atoms with Gasteiger partial charge in [-0.1, -0.05) is 12.5 Å². The van der Waals surface area contributed by atoms with Crippen LogP contribution in [0.25, 0.3) is 11.0 Å². The maximum atomic E-state index is 12.3. The molecule has 0 radical (unpaired) electrons. The molecule has 128 valence electrons. The molecule has 1 aromatic carbocycles. The number of likely N-dealkylation sites (tertiary alicyclic amines) is 2. The molecule has 6 nitrogen and oxygen atoms in total. The SMILES string of the molecule is CC1CCCCN1C1CN(C(=O)NCc2ccc3nc[nH]c3c2)C1. The lowest BCUT2D eigenvalue weighted by Crippen LogP contribution is -2.64. The molecule has 2 aliphatic rings. The van der Waals surface area contributed by atoms with Gasteiger partial charge in [0.05, 0.1) is 17.4 Å². The third kappa shape index (κ3) is 2.98. The van der Waals surface area contributed by atoms with Gasteiger partial charge in [0.25, 0.3) is 0 Å². The monoisotopic (exact) mass is 327 g/mol. The molecule has 2 N–H and O–H groups in total. The van der Waals surface area contributed by atoms with E-state index < -0.39 is 0 Å². The number of imidazole rings is 1. The Hall–Kier alpha value is -2.08. The van der Waals surface area contributed by atoms with Crippen molar-refractivity contribution in [3.05, 3.63) is 30.1 Å². The first-order valence-electron chi connectivity index (χ1n) is 8.91. The Morgan fingerprint density at radius 3 is 3.08 bits per heavy atom. The van der Waals surface area contributed by atoms with Crippen molar-refractivity contribution in [1.82, 2.24) is 25.1 Å². The summed E-state index contributed by atoms with van der Waals surface area (Å²) in [5.74, 6) is 0. The van der Waals surface area contributed by atoms with Gasteiger partial charge in [-0.25, -0.2) is 9.78 Å². The number of carbonyl (C=O) groups excluding carboxylic acids is 1. The maximum Gasteiger partial charge on any atom is 0.317 e. The molecule has 2 amide bonds. The summed E-state index contributed by atoms with van der Waals surface area (Å²) in [6.45, 7) is 5.76. The number of rotatable bonds is 3. The van der Waals surface area contributed by atoms with Crippen LogP contribution in [0.1, 0.15) is 31.7 Å². The van der Waals surface area contributed by atoms with Crippen LogP contribution in [0, 0.1) is 0 Å². The van der Waals surface area contributed by atoms with Gasteiger partial charge in [-0.05, 0) is 44.0 Å². The molecular formula is C18H25N5O. The molecule has 0 bridgehead atoms. The van der Waals surface area contributed by atoms with E-state index in [1.54, 1.807) is 6.33 Å². The molecule has 1 aromatic heterocycles. The second-order valence-electron chi connectivity index (χ2n) is 7.05.